The van der Waals surface area contributed by atoms with Crippen molar-refractivity contribution in [1.29, 1.82) is 0 Å². The second kappa shape index (κ2) is 36.8. The molecule has 0 aromatic heterocycles. The molecule has 0 heterocycles. The minimum absolute atomic E-state index is 1.37. The lowest BCUT2D eigenvalue weighted by Crippen LogP contribution is -2.02. The zero-order chi connectivity index (χ0) is 31.4. The first-order valence-corrected chi connectivity index (χ1v) is 19.1. The summed E-state index contributed by atoms with van der Waals surface area (Å²) >= 11 is 0. The van der Waals surface area contributed by atoms with Gasteiger partial charge in [-0.05, 0) is 38.5 Å². The van der Waals surface area contributed by atoms with Crippen molar-refractivity contribution in [3.63, 3.8) is 0 Å². The van der Waals surface area contributed by atoms with Crippen LogP contribution in [0.25, 0.3) is 0 Å². The maximum absolute atomic E-state index is 9.75. The molecule has 0 aromatic rings. The Kier molecular flexibility index (Phi) is 38.4. The molecule has 0 saturated heterocycles. The molecule has 0 N–H and O–H groups in total. The Bertz CT molecular complexity index is 406. The highest BCUT2D eigenvalue weighted by Crippen LogP contribution is 2.27. The fourth-order valence-corrected chi connectivity index (χ4v) is 5.96. The van der Waals surface area contributed by atoms with E-state index in [0.29, 0.717) is 0 Å². The van der Waals surface area contributed by atoms with Crippen molar-refractivity contribution in [2.45, 2.75) is 233 Å². The Morgan fingerprint density at radius 1 is 0.286 bits per heavy atom. The van der Waals surface area contributed by atoms with Gasteiger partial charge in [-0.3, -0.25) is 0 Å². The lowest BCUT2D eigenvalue weighted by molar-refractivity contribution is 0.368. The fraction of sp³-hybridized carbons (Fsp3) is 0.973. The highest BCUT2D eigenvalue weighted by Gasteiger charge is 2.20. The van der Waals surface area contributed by atoms with E-state index in [2.05, 4.69) is 20.8 Å². The standard InChI is InChI=1S/C37H75.BF4/c1-4-7-10-13-16-19-22-25-28-31-34-37(35-32-29-26-23-20-17-14-11-8-5-2)36-33-30-27-24-21-18-15-12-9-6-3;2-1(3,4)5/h4-36H2,1-3H3;/q+1;-1. The van der Waals surface area contributed by atoms with Crippen LogP contribution in [-0.2, 0) is 0 Å². The topological polar surface area (TPSA) is 0 Å². The second-order valence-corrected chi connectivity index (χ2v) is 13.0. The third kappa shape index (κ3) is 46.6. The zero-order valence-electron chi connectivity index (χ0n) is 28.9. The molecule has 254 valence electrons. The van der Waals surface area contributed by atoms with E-state index < -0.39 is 7.25 Å². The molecule has 42 heavy (non-hydrogen) atoms. The van der Waals surface area contributed by atoms with Crippen molar-refractivity contribution >= 4 is 7.25 Å². The van der Waals surface area contributed by atoms with Gasteiger partial charge in [0.25, 0.3) is 0 Å². The van der Waals surface area contributed by atoms with E-state index >= 15 is 0 Å². The summed E-state index contributed by atoms with van der Waals surface area (Å²) in [4.78, 5) is 0. The quantitative estimate of drug-likeness (QED) is 0.0302. The summed E-state index contributed by atoms with van der Waals surface area (Å²) in [6.07, 6.45) is 48.3. The monoisotopic (exact) mass is 607 g/mol. The maximum atomic E-state index is 9.75. The van der Waals surface area contributed by atoms with Gasteiger partial charge < -0.3 is 17.3 Å². The Hall–Kier alpha value is -0.345. The van der Waals surface area contributed by atoms with Crippen LogP contribution >= 0.6 is 0 Å². The largest absolute Gasteiger partial charge is 0.673 e. The van der Waals surface area contributed by atoms with Gasteiger partial charge in [0, 0.05) is 0 Å². The molecule has 0 atom stereocenters. The first-order chi connectivity index (χ1) is 20.3. The van der Waals surface area contributed by atoms with Crippen molar-refractivity contribution in [1.82, 2.24) is 0 Å². The molecule has 5 heteroatoms. The number of hydrogen-bond donors (Lipinski definition) is 0. The van der Waals surface area contributed by atoms with E-state index in [1.807, 2.05) is 5.92 Å². The number of rotatable bonds is 33. The van der Waals surface area contributed by atoms with Gasteiger partial charge in [-0.2, -0.15) is 0 Å². The van der Waals surface area contributed by atoms with E-state index in [1.54, 1.807) is 0 Å². The van der Waals surface area contributed by atoms with Gasteiger partial charge >= 0.3 is 7.25 Å². The van der Waals surface area contributed by atoms with Crippen LogP contribution in [-0.4, -0.2) is 7.25 Å². The van der Waals surface area contributed by atoms with Crippen LogP contribution in [0.5, 0.6) is 0 Å². The molecule has 0 aliphatic heterocycles. The summed E-state index contributed by atoms with van der Waals surface area (Å²) in [6, 6.07) is 0. The molecule has 0 aliphatic rings. The normalized spacial score (nSPS) is 11.5. The van der Waals surface area contributed by atoms with E-state index in [-0.39, 0.29) is 0 Å². The lowest BCUT2D eigenvalue weighted by atomic mass is 9.89. The third-order valence-corrected chi connectivity index (χ3v) is 8.65. The summed E-state index contributed by atoms with van der Waals surface area (Å²) in [5.41, 5.74) is 0. The molecule has 0 fully saturated rings. The Morgan fingerprint density at radius 3 is 0.595 bits per heavy atom. The second-order valence-electron chi connectivity index (χ2n) is 13.0. The van der Waals surface area contributed by atoms with Crippen LogP contribution in [0.4, 0.5) is 17.3 Å². The molecule has 0 radical (unpaired) electrons. The van der Waals surface area contributed by atoms with Gasteiger partial charge in [-0.1, -0.05) is 175 Å². The Labute approximate surface area is 262 Å². The van der Waals surface area contributed by atoms with Gasteiger partial charge in [0.1, 0.15) is 0 Å². The maximum Gasteiger partial charge on any atom is 0.673 e. The third-order valence-electron chi connectivity index (χ3n) is 8.65. The van der Waals surface area contributed by atoms with Gasteiger partial charge in [0.2, 0.25) is 0 Å². The predicted octanol–water partition coefficient (Wildman–Crippen LogP) is 15.8. The predicted molar refractivity (Wildman–Crippen MR) is 183 cm³/mol. The molecular weight excluding hydrogens is 531 g/mol. The molecule has 0 bridgehead atoms. The van der Waals surface area contributed by atoms with Crippen LogP contribution in [0.15, 0.2) is 0 Å². The molecule has 0 unspecified atom stereocenters. The van der Waals surface area contributed by atoms with Crippen LogP contribution in [0, 0.1) is 5.92 Å². The van der Waals surface area contributed by atoms with Crippen molar-refractivity contribution in [2.24, 2.45) is 0 Å². The van der Waals surface area contributed by atoms with Crippen LogP contribution < -0.4 is 0 Å². The van der Waals surface area contributed by atoms with Crippen molar-refractivity contribution in [3.05, 3.63) is 5.92 Å². The average molecular weight is 607 g/mol. The minimum atomic E-state index is -6.00. The summed E-state index contributed by atoms with van der Waals surface area (Å²) < 4.78 is 39.0. The molecule has 0 nitrogen and oxygen atoms in total. The Balaban J connectivity index is 0. The van der Waals surface area contributed by atoms with Crippen molar-refractivity contribution < 1.29 is 17.3 Å². The van der Waals surface area contributed by atoms with Gasteiger partial charge in [-0.15, -0.1) is 0 Å². The molecule has 0 spiro atoms. The first-order valence-electron chi connectivity index (χ1n) is 19.1. The fourth-order valence-electron chi connectivity index (χ4n) is 5.96. The first kappa shape index (κ1) is 43.8. The van der Waals surface area contributed by atoms with Gasteiger partial charge in [-0.25, -0.2) is 0 Å². The highest BCUT2D eigenvalue weighted by atomic mass is 19.5. The van der Waals surface area contributed by atoms with E-state index in [1.165, 1.54) is 212 Å². The van der Waals surface area contributed by atoms with Crippen molar-refractivity contribution in [3.8, 4) is 0 Å². The van der Waals surface area contributed by atoms with Crippen LogP contribution in [0.2, 0.25) is 0 Å². The zero-order valence-corrected chi connectivity index (χ0v) is 28.9. The Morgan fingerprint density at radius 2 is 0.429 bits per heavy atom. The van der Waals surface area contributed by atoms with E-state index in [0.717, 1.165) is 0 Å². The number of hydrogen-bond acceptors (Lipinski definition) is 0. The molecule has 0 aromatic carbocycles. The summed E-state index contributed by atoms with van der Waals surface area (Å²) in [7, 11) is -6.00. The average Bonchev–Trinajstić information content (AvgIpc) is 2.94. The van der Waals surface area contributed by atoms with Gasteiger partial charge in [0.15, 0.2) is 0 Å². The lowest BCUT2D eigenvalue weighted by Gasteiger charge is -2.09. The van der Waals surface area contributed by atoms with Crippen LogP contribution in [0.1, 0.15) is 233 Å². The van der Waals surface area contributed by atoms with Crippen molar-refractivity contribution in [2.75, 3.05) is 0 Å². The summed E-state index contributed by atoms with van der Waals surface area (Å²) in [5, 5.41) is 0. The van der Waals surface area contributed by atoms with E-state index in [4.69, 9.17) is 0 Å². The van der Waals surface area contributed by atoms with Crippen LogP contribution in [0.3, 0.4) is 0 Å². The molecular formula is C37H75BF4. The van der Waals surface area contributed by atoms with Gasteiger partial charge in [0.05, 0.1) is 25.2 Å². The smallest absolute Gasteiger partial charge is 0.418 e. The van der Waals surface area contributed by atoms with E-state index in [9.17, 15) is 17.3 Å². The highest BCUT2D eigenvalue weighted by molar-refractivity contribution is 6.50. The number of halogens is 4. The molecule has 0 saturated carbocycles. The summed E-state index contributed by atoms with van der Waals surface area (Å²) in [5.74, 6) is 1.94. The number of unbranched alkanes of at least 4 members (excludes halogenated alkanes) is 27. The molecule has 0 rings (SSSR count). The molecule has 0 aliphatic carbocycles. The minimum Gasteiger partial charge on any atom is -0.418 e. The SMILES string of the molecule is CCCCCCCCCCCC[C+](CCCCCCCCCCCC)CCCCCCCCCCCC.F[B-](F)(F)F. The summed E-state index contributed by atoms with van der Waals surface area (Å²) in [6.45, 7) is 6.95. The molecule has 0 amide bonds.